The highest BCUT2D eigenvalue weighted by Crippen LogP contribution is 2.39. The third-order valence-electron chi connectivity index (χ3n) is 7.21. The minimum atomic E-state index is 0.112. The van der Waals surface area contributed by atoms with Crippen molar-refractivity contribution < 1.29 is 9.53 Å². The zero-order valence-electron chi connectivity index (χ0n) is 19.5. The second-order valence-corrected chi connectivity index (χ2v) is 9.32. The molecule has 31 heavy (non-hydrogen) atoms. The predicted molar refractivity (Wildman–Crippen MR) is 124 cm³/mol. The molecule has 2 aliphatic rings. The summed E-state index contributed by atoms with van der Waals surface area (Å²) in [5, 5.41) is 0. The van der Waals surface area contributed by atoms with Gasteiger partial charge in [0.25, 0.3) is 5.91 Å². The molecule has 4 rings (SSSR count). The number of aromatic nitrogens is 1. The van der Waals surface area contributed by atoms with Gasteiger partial charge in [-0.2, -0.15) is 0 Å². The number of fused-ring (bicyclic) bond motifs is 1. The Hall–Kier alpha value is -2.40. The quantitative estimate of drug-likeness (QED) is 0.706. The van der Waals surface area contributed by atoms with E-state index < -0.39 is 0 Å². The number of carbonyl (C=O) groups is 1. The predicted octanol–water partition coefficient (Wildman–Crippen LogP) is 4.88. The first-order valence-corrected chi connectivity index (χ1v) is 11.6. The van der Waals surface area contributed by atoms with Crippen molar-refractivity contribution in [1.29, 1.82) is 0 Å². The number of amides is 1. The average Bonchev–Trinajstić information content (AvgIpc) is 2.79. The molecule has 0 N–H and O–H groups in total. The molecule has 0 spiro atoms. The lowest BCUT2D eigenvalue weighted by Gasteiger charge is -2.48. The number of rotatable bonds is 4. The number of pyridine rings is 1. The van der Waals surface area contributed by atoms with Crippen LogP contribution in [0.3, 0.4) is 0 Å². The number of nitrogens with zero attached hydrogens (tertiary/aromatic N) is 3. The maximum atomic E-state index is 13.1. The van der Waals surface area contributed by atoms with Gasteiger partial charge in [-0.3, -0.25) is 14.7 Å². The van der Waals surface area contributed by atoms with Crippen molar-refractivity contribution in [1.82, 2.24) is 14.8 Å². The largest absolute Gasteiger partial charge is 0.496 e. The molecule has 2 aromatic rings. The Labute approximate surface area is 186 Å². The fourth-order valence-corrected chi connectivity index (χ4v) is 5.22. The van der Waals surface area contributed by atoms with E-state index in [9.17, 15) is 4.79 Å². The average molecular weight is 422 g/mol. The summed E-state index contributed by atoms with van der Waals surface area (Å²) in [6.45, 7) is 11.1. The van der Waals surface area contributed by atoms with E-state index in [2.05, 4.69) is 49.7 Å². The molecule has 166 valence electrons. The normalized spacial score (nSPS) is 21.8. The lowest BCUT2D eigenvalue weighted by molar-refractivity contribution is 0.0101. The Morgan fingerprint density at radius 3 is 2.58 bits per heavy atom. The third-order valence-corrected chi connectivity index (χ3v) is 7.21. The van der Waals surface area contributed by atoms with Gasteiger partial charge in [-0.25, -0.2) is 0 Å². The number of piperidine rings is 1. The zero-order chi connectivity index (χ0) is 22.1. The summed E-state index contributed by atoms with van der Waals surface area (Å²) >= 11 is 0. The highest BCUT2D eigenvalue weighted by Gasteiger charge is 2.37. The molecule has 0 unspecified atom stereocenters. The van der Waals surface area contributed by atoms with Gasteiger partial charge in [0.1, 0.15) is 5.75 Å². The summed E-state index contributed by atoms with van der Waals surface area (Å²) in [6, 6.07) is 9.11. The minimum Gasteiger partial charge on any atom is -0.496 e. The van der Waals surface area contributed by atoms with Crippen molar-refractivity contribution in [2.45, 2.75) is 65.0 Å². The van der Waals surface area contributed by atoms with Crippen LogP contribution in [0.2, 0.25) is 0 Å². The topological polar surface area (TPSA) is 45.7 Å². The number of hydrogen-bond donors (Lipinski definition) is 0. The second kappa shape index (κ2) is 8.99. The van der Waals surface area contributed by atoms with Crippen LogP contribution in [0.25, 0.3) is 0 Å². The van der Waals surface area contributed by atoms with Gasteiger partial charge in [0, 0.05) is 43.6 Å². The van der Waals surface area contributed by atoms with Crippen LogP contribution in [0, 0.1) is 13.8 Å². The van der Waals surface area contributed by atoms with E-state index in [1.807, 2.05) is 17.0 Å². The van der Waals surface area contributed by atoms with E-state index in [1.54, 1.807) is 13.3 Å². The lowest BCUT2D eigenvalue weighted by atomic mass is 9.86. The summed E-state index contributed by atoms with van der Waals surface area (Å²) in [7, 11) is 1.74. The van der Waals surface area contributed by atoms with E-state index in [0.29, 0.717) is 23.6 Å². The molecule has 1 aromatic carbocycles. The van der Waals surface area contributed by atoms with Gasteiger partial charge in [-0.1, -0.05) is 19.9 Å². The van der Waals surface area contributed by atoms with Crippen LogP contribution in [0.4, 0.5) is 0 Å². The highest BCUT2D eigenvalue weighted by atomic mass is 16.5. The van der Waals surface area contributed by atoms with Gasteiger partial charge in [-0.05, 0) is 73.9 Å². The summed E-state index contributed by atoms with van der Waals surface area (Å²) in [4.78, 5) is 22.3. The Morgan fingerprint density at radius 2 is 1.90 bits per heavy atom. The molecule has 2 atom stereocenters. The Kier molecular flexibility index (Phi) is 6.33. The number of piperazine rings is 1. The van der Waals surface area contributed by atoms with E-state index in [1.165, 1.54) is 29.5 Å². The molecule has 5 heteroatoms. The second-order valence-electron chi connectivity index (χ2n) is 9.32. The van der Waals surface area contributed by atoms with Gasteiger partial charge in [-0.15, -0.1) is 0 Å². The molecular formula is C26H35N3O2. The molecule has 0 bridgehead atoms. The van der Waals surface area contributed by atoms with E-state index in [-0.39, 0.29) is 5.91 Å². The van der Waals surface area contributed by atoms with Crippen LogP contribution in [0.15, 0.2) is 30.5 Å². The fourth-order valence-electron chi connectivity index (χ4n) is 5.22. The maximum absolute atomic E-state index is 13.1. The van der Waals surface area contributed by atoms with E-state index in [4.69, 9.17) is 4.74 Å². The van der Waals surface area contributed by atoms with Crippen LogP contribution < -0.4 is 4.74 Å². The Bertz CT molecular complexity index is 938. The smallest absolute Gasteiger partial charge is 0.255 e. The summed E-state index contributed by atoms with van der Waals surface area (Å²) in [6.07, 6.45) is 5.27. The molecular weight excluding hydrogens is 386 g/mol. The SMILES string of the molecule is COc1ccc([C@H]2CCC[C@H]3CN(C(=O)c4ccc(C(C)C)nc4)CCN32)c(C)c1C. The van der Waals surface area contributed by atoms with E-state index in [0.717, 1.165) is 37.5 Å². The number of benzene rings is 1. The first-order valence-electron chi connectivity index (χ1n) is 11.6. The highest BCUT2D eigenvalue weighted by molar-refractivity contribution is 5.94. The third kappa shape index (κ3) is 4.20. The molecule has 3 heterocycles. The van der Waals surface area contributed by atoms with Crippen molar-refractivity contribution in [2.24, 2.45) is 0 Å². The number of carbonyl (C=O) groups excluding carboxylic acids is 1. The van der Waals surface area contributed by atoms with Crippen molar-refractivity contribution in [3.63, 3.8) is 0 Å². The van der Waals surface area contributed by atoms with Crippen LogP contribution in [-0.4, -0.2) is 53.5 Å². The Balaban J connectivity index is 1.49. The fraction of sp³-hybridized carbons (Fsp3) is 0.538. The minimum absolute atomic E-state index is 0.112. The summed E-state index contributed by atoms with van der Waals surface area (Å²) < 4.78 is 5.51. The first-order chi connectivity index (χ1) is 14.9. The molecule has 0 aliphatic carbocycles. The van der Waals surface area contributed by atoms with E-state index >= 15 is 0 Å². The molecule has 0 saturated carbocycles. The van der Waals surface area contributed by atoms with Gasteiger partial charge >= 0.3 is 0 Å². The van der Waals surface area contributed by atoms with Gasteiger partial charge < -0.3 is 9.64 Å². The first kappa shape index (κ1) is 21.8. The lowest BCUT2D eigenvalue weighted by Crippen LogP contribution is -2.57. The van der Waals surface area contributed by atoms with Gasteiger partial charge in [0.15, 0.2) is 0 Å². The van der Waals surface area contributed by atoms with Crippen molar-refractivity contribution >= 4 is 5.91 Å². The molecule has 1 amide bonds. The number of hydrogen-bond acceptors (Lipinski definition) is 4. The van der Waals surface area contributed by atoms with Crippen LogP contribution >= 0.6 is 0 Å². The van der Waals surface area contributed by atoms with Crippen LogP contribution in [0.5, 0.6) is 5.75 Å². The number of ether oxygens (including phenoxy) is 1. The molecule has 1 aromatic heterocycles. The van der Waals surface area contributed by atoms with Gasteiger partial charge in [0.2, 0.25) is 0 Å². The summed E-state index contributed by atoms with van der Waals surface area (Å²) in [5.74, 6) is 1.44. The molecule has 5 nitrogen and oxygen atoms in total. The molecule has 0 radical (unpaired) electrons. The van der Waals surface area contributed by atoms with Crippen molar-refractivity contribution in [3.8, 4) is 5.75 Å². The molecule has 2 fully saturated rings. The van der Waals surface area contributed by atoms with Crippen LogP contribution in [0.1, 0.15) is 77.8 Å². The van der Waals surface area contributed by atoms with Crippen LogP contribution in [-0.2, 0) is 0 Å². The standard InChI is InChI=1S/C26H35N3O2/c1-17(2)23-11-9-20(15-27-23)26(30)28-13-14-29-21(16-28)7-6-8-24(29)22-10-12-25(31-5)19(4)18(22)3/h9-12,15,17,21,24H,6-8,13-14,16H2,1-5H3/t21-,24+/m0/s1. The number of methoxy groups -OCH3 is 1. The Morgan fingerprint density at radius 1 is 1.10 bits per heavy atom. The molecule has 2 saturated heterocycles. The van der Waals surface area contributed by atoms with Crippen molar-refractivity contribution in [3.05, 3.63) is 58.4 Å². The van der Waals surface area contributed by atoms with Crippen molar-refractivity contribution in [2.75, 3.05) is 26.7 Å². The monoisotopic (exact) mass is 421 g/mol. The molecule has 2 aliphatic heterocycles. The summed E-state index contributed by atoms with van der Waals surface area (Å²) in [5.41, 5.74) is 5.71. The maximum Gasteiger partial charge on any atom is 0.255 e. The van der Waals surface area contributed by atoms with Gasteiger partial charge in [0.05, 0.1) is 12.7 Å². The zero-order valence-corrected chi connectivity index (χ0v) is 19.5.